The second kappa shape index (κ2) is 14.2. The van der Waals surface area contributed by atoms with Gasteiger partial charge < -0.3 is 34.7 Å². The molecule has 4 aromatic rings. The lowest BCUT2D eigenvalue weighted by Gasteiger charge is -2.21. The molecule has 0 spiro atoms. The van der Waals surface area contributed by atoms with E-state index in [2.05, 4.69) is 10.6 Å². The number of fused-ring (bicyclic) bond motifs is 7. The van der Waals surface area contributed by atoms with Gasteiger partial charge in [-0.15, -0.1) is 0 Å². The van der Waals surface area contributed by atoms with Crippen LogP contribution in [0.4, 0.5) is 4.39 Å². The summed E-state index contributed by atoms with van der Waals surface area (Å²) in [4.78, 5) is 50.1. The monoisotopic (exact) mass is 642 g/mol. The van der Waals surface area contributed by atoms with E-state index in [4.69, 9.17) is 19.4 Å². The highest BCUT2D eigenvalue weighted by atomic mass is 19.1. The number of hydrogen-bond donors (Lipinski definition) is 3. The van der Waals surface area contributed by atoms with Crippen LogP contribution in [-0.4, -0.2) is 70.1 Å². The van der Waals surface area contributed by atoms with Crippen molar-refractivity contribution in [3.63, 3.8) is 0 Å². The standard InChI is InChI=1S/C33H31FN4O5.C2H4O2/c1-20-26(12-13-37(20)2)33(41)38-17-29-30(18-38)43-24-9-6-21(7-10-24)16-35-31(39)19-42-25-5-3-4-22(14-25)23-8-11-28(34)27(15-23)32(40)36-29;1-2(3)4/h3-15,29-30H,16-19H2,1-2H3,(H,35,39)(H,36,40);1H3,(H,3,4)/t29-,30-;/m0./s1. The molecule has 0 saturated carbocycles. The lowest BCUT2D eigenvalue weighted by Crippen LogP contribution is -2.45. The molecule has 2 atom stereocenters. The third kappa shape index (κ3) is 7.96. The molecular formula is C35H35FN4O7. The molecule has 1 aromatic heterocycles. The number of rotatable bonds is 1. The predicted molar refractivity (Wildman–Crippen MR) is 171 cm³/mol. The van der Waals surface area contributed by atoms with Gasteiger partial charge in [-0.1, -0.05) is 30.3 Å². The number of carboxylic acids is 1. The van der Waals surface area contributed by atoms with E-state index >= 15 is 4.39 Å². The summed E-state index contributed by atoms with van der Waals surface area (Å²) in [5, 5.41) is 13.2. The molecule has 3 aliphatic heterocycles. The van der Waals surface area contributed by atoms with Crippen molar-refractivity contribution in [3.05, 3.63) is 107 Å². The first-order chi connectivity index (χ1) is 22.5. The number of nitrogens with one attached hydrogen (secondary N) is 2. The molecule has 244 valence electrons. The molecule has 3 amide bonds. The molecule has 1 saturated heterocycles. The number of aromatic nitrogens is 1. The van der Waals surface area contributed by atoms with Gasteiger partial charge in [0.2, 0.25) is 0 Å². The fourth-order valence-electron chi connectivity index (χ4n) is 5.35. The molecule has 12 heteroatoms. The van der Waals surface area contributed by atoms with Gasteiger partial charge >= 0.3 is 0 Å². The van der Waals surface area contributed by atoms with E-state index in [1.165, 1.54) is 12.1 Å². The van der Waals surface area contributed by atoms with E-state index in [1.807, 2.05) is 42.9 Å². The fourth-order valence-corrected chi connectivity index (χ4v) is 5.35. The highest BCUT2D eigenvalue weighted by Crippen LogP contribution is 2.27. The van der Waals surface area contributed by atoms with Gasteiger partial charge in [-0.25, -0.2) is 4.39 Å². The number of likely N-dealkylation sites (tertiary alicyclic amines) is 1. The molecule has 3 aliphatic rings. The van der Waals surface area contributed by atoms with Gasteiger partial charge in [0.05, 0.1) is 23.7 Å². The highest BCUT2D eigenvalue weighted by Gasteiger charge is 2.39. The summed E-state index contributed by atoms with van der Waals surface area (Å²) in [7, 11) is 1.87. The fraction of sp³-hybridized carbons (Fsp3) is 0.257. The smallest absolute Gasteiger partial charge is 0.300 e. The number of carboxylic acid groups (broad SMARTS) is 1. The van der Waals surface area contributed by atoms with Crippen molar-refractivity contribution in [1.29, 1.82) is 0 Å². The topological polar surface area (TPSA) is 139 Å². The number of aryl methyl sites for hydroxylation is 1. The number of nitrogens with zero attached hydrogens (tertiary/aromatic N) is 2. The van der Waals surface area contributed by atoms with Crippen LogP contribution < -0.4 is 20.1 Å². The molecule has 4 heterocycles. The Hall–Kier alpha value is -5.65. The van der Waals surface area contributed by atoms with Crippen molar-refractivity contribution in [1.82, 2.24) is 20.1 Å². The molecule has 47 heavy (non-hydrogen) atoms. The van der Waals surface area contributed by atoms with Crippen LogP contribution in [0.3, 0.4) is 0 Å². The van der Waals surface area contributed by atoms with Gasteiger partial charge in [0.15, 0.2) is 6.61 Å². The molecular weight excluding hydrogens is 607 g/mol. The SMILES string of the molecule is CC(=O)O.Cc1c(C(=O)N2C[C@@H]3NC(=O)c4cc(ccc4F)-c4cccc(c4)OCC(=O)NCc4ccc(cc4)O[C@H]3C2)ccn1C. The molecule has 3 N–H and O–H groups in total. The van der Waals surface area contributed by atoms with Crippen LogP contribution >= 0.6 is 0 Å². The molecule has 0 unspecified atom stereocenters. The highest BCUT2D eigenvalue weighted by molar-refractivity contribution is 5.97. The minimum Gasteiger partial charge on any atom is -0.486 e. The first-order valence-corrected chi connectivity index (χ1v) is 14.9. The summed E-state index contributed by atoms with van der Waals surface area (Å²) in [6, 6.07) is 19.7. The minimum atomic E-state index is -0.833. The zero-order valence-corrected chi connectivity index (χ0v) is 26.2. The van der Waals surface area contributed by atoms with Crippen LogP contribution in [0.15, 0.2) is 79.0 Å². The molecule has 7 rings (SSSR count). The van der Waals surface area contributed by atoms with E-state index in [9.17, 15) is 14.4 Å². The summed E-state index contributed by atoms with van der Waals surface area (Å²) < 4.78 is 28.9. The van der Waals surface area contributed by atoms with Crippen molar-refractivity contribution < 1.29 is 38.1 Å². The van der Waals surface area contributed by atoms with Crippen molar-refractivity contribution in [2.75, 3.05) is 19.7 Å². The quantitative estimate of drug-likeness (QED) is 0.286. The normalized spacial score (nSPS) is 17.6. The maximum Gasteiger partial charge on any atom is 0.300 e. The largest absolute Gasteiger partial charge is 0.486 e. The van der Waals surface area contributed by atoms with E-state index in [1.54, 1.807) is 47.4 Å². The molecule has 3 aromatic carbocycles. The zero-order chi connectivity index (χ0) is 33.7. The Kier molecular flexibility index (Phi) is 9.88. The molecule has 6 bridgehead atoms. The van der Waals surface area contributed by atoms with Crippen LogP contribution in [0.2, 0.25) is 0 Å². The van der Waals surface area contributed by atoms with Crippen LogP contribution in [0.25, 0.3) is 11.1 Å². The average molecular weight is 643 g/mol. The molecule has 0 aliphatic carbocycles. The number of benzene rings is 3. The average Bonchev–Trinajstić information content (AvgIpc) is 3.60. The van der Waals surface area contributed by atoms with Crippen LogP contribution in [0.5, 0.6) is 11.5 Å². The van der Waals surface area contributed by atoms with Gasteiger partial charge in [0.1, 0.15) is 23.4 Å². The van der Waals surface area contributed by atoms with E-state index in [-0.39, 0.29) is 37.1 Å². The summed E-state index contributed by atoms with van der Waals surface area (Å²) in [5.41, 5.74) is 3.42. The summed E-state index contributed by atoms with van der Waals surface area (Å²) >= 11 is 0. The Morgan fingerprint density at radius 2 is 1.68 bits per heavy atom. The summed E-state index contributed by atoms with van der Waals surface area (Å²) in [5.74, 6) is -1.58. The van der Waals surface area contributed by atoms with E-state index < -0.39 is 29.8 Å². The van der Waals surface area contributed by atoms with Gasteiger partial charge in [-0.2, -0.15) is 0 Å². The Morgan fingerprint density at radius 3 is 2.38 bits per heavy atom. The number of carbonyl (C=O) groups is 4. The van der Waals surface area contributed by atoms with E-state index in [0.717, 1.165) is 18.2 Å². The van der Waals surface area contributed by atoms with Crippen LogP contribution in [0.1, 0.15) is 38.9 Å². The number of ether oxygens (including phenoxy) is 2. The Balaban J connectivity index is 0.00000103. The van der Waals surface area contributed by atoms with Crippen LogP contribution in [0, 0.1) is 12.7 Å². The zero-order valence-electron chi connectivity index (χ0n) is 26.2. The first-order valence-electron chi connectivity index (χ1n) is 14.9. The second-order valence-corrected chi connectivity index (χ2v) is 11.3. The van der Waals surface area contributed by atoms with Crippen molar-refractivity contribution >= 4 is 23.7 Å². The second-order valence-electron chi connectivity index (χ2n) is 11.3. The number of halogens is 1. The van der Waals surface area contributed by atoms with Gasteiger partial charge in [0.25, 0.3) is 23.7 Å². The third-order valence-electron chi connectivity index (χ3n) is 7.93. The number of hydrogen-bond acceptors (Lipinski definition) is 6. The van der Waals surface area contributed by atoms with Crippen LogP contribution in [-0.2, 0) is 23.2 Å². The predicted octanol–water partition coefficient (Wildman–Crippen LogP) is 3.94. The summed E-state index contributed by atoms with van der Waals surface area (Å²) in [6.45, 7) is 3.50. The Labute approximate surface area is 270 Å². The van der Waals surface area contributed by atoms with Crippen molar-refractivity contribution in [3.8, 4) is 22.6 Å². The van der Waals surface area contributed by atoms with Crippen molar-refractivity contribution in [2.24, 2.45) is 7.05 Å². The number of aliphatic carboxylic acids is 1. The Bertz CT molecular complexity index is 1800. The first kappa shape index (κ1) is 32.7. The maximum absolute atomic E-state index is 15.0. The lowest BCUT2D eigenvalue weighted by atomic mass is 10.0. The number of amides is 3. The third-order valence-corrected chi connectivity index (χ3v) is 7.93. The van der Waals surface area contributed by atoms with Crippen molar-refractivity contribution in [2.45, 2.75) is 32.5 Å². The minimum absolute atomic E-state index is 0.135. The maximum atomic E-state index is 15.0. The van der Waals surface area contributed by atoms with Gasteiger partial charge in [0, 0.05) is 39.0 Å². The van der Waals surface area contributed by atoms with Gasteiger partial charge in [-0.3, -0.25) is 19.2 Å². The Morgan fingerprint density at radius 1 is 0.957 bits per heavy atom. The summed E-state index contributed by atoms with van der Waals surface area (Å²) in [6.07, 6.45) is 1.24. The van der Waals surface area contributed by atoms with E-state index in [0.29, 0.717) is 34.7 Å². The number of carbonyl (C=O) groups excluding carboxylic acids is 3. The van der Waals surface area contributed by atoms with Gasteiger partial charge in [-0.05, 0) is 66.1 Å². The molecule has 0 radical (unpaired) electrons. The molecule has 11 nitrogen and oxygen atoms in total. The molecule has 1 fully saturated rings. The lowest BCUT2D eigenvalue weighted by molar-refractivity contribution is -0.134.